The fourth-order valence-electron chi connectivity index (χ4n) is 1.65. The summed E-state index contributed by atoms with van der Waals surface area (Å²) < 4.78 is 10.8. The van der Waals surface area contributed by atoms with E-state index in [1.165, 1.54) is 0 Å². The lowest BCUT2D eigenvalue weighted by molar-refractivity contribution is 0.0454. The van der Waals surface area contributed by atoms with Gasteiger partial charge in [-0.3, -0.25) is 0 Å². The molecule has 0 saturated heterocycles. The normalized spacial score (nSPS) is 24.4. The van der Waals surface area contributed by atoms with Crippen molar-refractivity contribution in [1.29, 1.82) is 0 Å². The van der Waals surface area contributed by atoms with Crippen molar-refractivity contribution < 1.29 is 9.47 Å². The van der Waals surface area contributed by atoms with Gasteiger partial charge in [-0.25, -0.2) is 0 Å². The molecule has 78 valence electrons. The molecule has 0 aliphatic carbocycles. The van der Waals surface area contributed by atoms with Crippen molar-refractivity contribution in [2.24, 2.45) is 5.73 Å². The van der Waals surface area contributed by atoms with Gasteiger partial charge < -0.3 is 15.2 Å². The van der Waals surface area contributed by atoms with E-state index in [9.17, 15) is 0 Å². The van der Waals surface area contributed by atoms with Crippen LogP contribution >= 0.6 is 12.4 Å². The lowest BCUT2D eigenvalue weighted by Crippen LogP contribution is -2.38. The minimum Gasteiger partial charge on any atom is -0.491 e. The topological polar surface area (TPSA) is 44.5 Å². The van der Waals surface area contributed by atoms with E-state index >= 15 is 0 Å². The second-order valence-corrected chi connectivity index (χ2v) is 3.17. The van der Waals surface area contributed by atoms with E-state index in [-0.39, 0.29) is 24.6 Å². The summed E-state index contributed by atoms with van der Waals surface area (Å²) in [5, 5.41) is 0. The predicted octanol–water partition coefficient (Wildman–Crippen LogP) is 1.52. The Bertz CT molecular complexity index is 306. The van der Waals surface area contributed by atoms with E-state index in [2.05, 4.69) is 0 Å². The zero-order valence-electron chi connectivity index (χ0n) is 7.97. The molecule has 0 bridgehead atoms. The van der Waals surface area contributed by atoms with Crippen molar-refractivity contribution in [3.8, 4) is 5.75 Å². The molecule has 0 fully saturated rings. The van der Waals surface area contributed by atoms with Crippen LogP contribution in [0.5, 0.6) is 5.75 Å². The van der Waals surface area contributed by atoms with Crippen LogP contribution in [0.1, 0.15) is 11.7 Å². The van der Waals surface area contributed by atoms with Gasteiger partial charge in [0, 0.05) is 12.7 Å². The molecule has 1 aliphatic rings. The molecular formula is C10H14ClNO2. The third-order valence-corrected chi connectivity index (χ3v) is 2.30. The van der Waals surface area contributed by atoms with Gasteiger partial charge >= 0.3 is 0 Å². The Kier molecular flexibility index (Phi) is 3.75. The Morgan fingerprint density at radius 1 is 1.43 bits per heavy atom. The second kappa shape index (κ2) is 4.64. The Labute approximate surface area is 89.6 Å². The number of ether oxygens (including phenoxy) is 2. The largest absolute Gasteiger partial charge is 0.491 e. The number of para-hydroxylation sites is 1. The zero-order valence-corrected chi connectivity index (χ0v) is 8.79. The Balaban J connectivity index is 0.000000980. The van der Waals surface area contributed by atoms with Crippen LogP contribution in [-0.2, 0) is 4.74 Å². The molecule has 0 radical (unpaired) electrons. The highest BCUT2D eigenvalue weighted by atomic mass is 35.5. The van der Waals surface area contributed by atoms with E-state index in [1.54, 1.807) is 7.11 Å². The first-order valence-corrected chi connectivity index (χ1v) is 4.33. The van der Waals surface area contributed by atoms with Gasteiger partial charge in [0.05, 0.1) is 6.04 Å². The maximum absolute atomic E-state index is 5.85. The van der Waals surface area contributed by atoms with Crippen LogP contribution in [0.3, 0.4) is 0 Å². The summed E-state index contributed by atoms with van der Waals surface area (Å²) in [6.45, 7) is 0.523. The van der Waals surface area contributed by atoms with Gasteiger partial charge in [-0.2, -0.15) is 0 Å². The smallest absolute Gasteiger partial charge is 0.125 e. The van der Waals surface area contributed by atoms with E-state index < -0.39 is 0 Å². The molecule has 14 heavy (non-hydrogen) atoms. The number of hydrogen-bond acceptors (Lipinski definition) is 3. The molecule has 1 heterocycles. The maximum Gasteiger partial charge on any atom is 0.125 e. The molecule has 2 N–H and O–H groups in total. The van der Waals surface area contributed by atoms with Gasteiger partial charge in [-0.15, -0.1) is 12.4 Å². The van der Waals surface area contributed by atoms with Crippen LogP contribution in [-0.4, -0.2) is 19.8 Å². The van der Waals surface area contributed by atoms with Crippen molar-refractivity contribution in [2.75, 3.05) is 13.7 Å². The number of nitrogens with two attached hydrogens (primary N) is 1. The van der Waals surface area contributed by atoms with Crippen molar-refractivity contribution >= 4 is 12.4 Å². The number of halogens is 1. The van der Waals surface area contributed by atoms with Gasteiger partial charge in [0.1, 0.15) is 18.5 Å². The van der Waals surface area contributed by atoms with E-state index in [0.29, 0.717) is 6.61 Å². The minimum absolute atomic E-state index is 0. The van der Waals surface area contributed by atoms with Gasteiger partial charge in [-0.05, 0) is 6.07 Å². The van der Waals surface area contributed by atoms with Crippen LogP contribution in [0.2, 0.25) is 0 Å². The highest BCUT2D eigenvalue weighted by molar-refractivity contribution is 5.85. The molecule has 1 aliphatic heterocycles. The summed E-state index contributed by atoms with van der Waals surface area (Å²) in [6, 6.07) is 7.77. The Morgan fingerprint density at radius 3 is 2.86 bits per heavy atom. The SMILES string of the molecule is CO[C@@H]1c2ccccc2OC[C@H]1N.Cl. The lowest BCUT2D eigenvalue weighted by Gasteiger charge is -2.29. The fraction of sp³-hybridized carbons (Fsp3) is 0.400. The van der Waals surface area contributed by atoms with Crippen molar-refractivity contribution in [2.45, 2.75) is 12.1 Å². The summed E-state index contributed by atoms with van der Waals surface area (Å²) in [7, 11) is 1.67. The Hall–Kier alpha value is -0.770. The molecule has 2 atom stereocenters. The first-order valence-electron chi connectivity index (χ1n) is 4.33. The Morgan fingerprint density at radius 2 is 2.14 bits per heavy atom. The standard InChI is InChI=1S/C10H13NO2.ClH/c1-12-10-7-4-2-3-5-9(7)13-6-8(10)11;/h2-5,8,10H,6,11H2,1H3;1H/t8-,10-;/m1./s1. The summed E-state index contributed by atoms with van der Waals surface area (Å²) >= 11 is 0. The highest BCUT2D eigenvalue weighted by Crippen LogP contribution is 2.32. The highest BCUT2D eigenvalue weighted by Gasteiger charge is 2.27. The van der Waals surface area contributed by atoms with Crippen LogP contribution < -0.4 is 10.5 Å². The average molecular weight is 216 g/mol. The average Bonchev–Trinajstić information content (AvgIpc) is 2.18. The van der Waals surface area contributed by atoms with Crippen molar-refractivity contribution in [1.82, 2.24) is 0 Å². The molecule has 1 aromatic rings. The fourth-order valence-corrected chi connectivity index (χ4v) is 1.65. The molecule has 0 amide bonds. The third-order valence-electron chi connectivity index (χ3n) is 2.30. The summed E-state index contributed by atoms with van der Waals surface area (Å²) in [5.74, 6) is 0.885. The summed E-state index contributed by atoms with van der Waals surface area (Å²) in [6.07, 6.45) is -0.0371. The van der Waals surface area contributed by atoms with Gasteiger partial charge in [-0.1, -0.05) is 18.2 Å². The summed E-state index contributed by atoms with van der Waals surface area (Å²) in [5.41, 5.74) is 6.90. The molecule has 3 nitrogen and oxygen atoms in total. The van der Waals surface area contributed by atoms with Crippen LogP contribution in [0.25, 0.3) is 0 Å². The molecule has 0 saturated carbocycles. The first-order chi connectivity index (χ1) is 6.33. The minimum atomic E-state index is -0.0695. The number of methoxy groups -OCH3 is 1. The summed E-state index contributed by atoms with van der Waals surface area (Å²) in [4.78, 5) is 0. The molecule has 4 heteroatoms. The number of benzene rings is 1. The number of hydrogen-bond donors (Lipinski definition) is 1. The lowest BCUT2D eigenvalue weighted by atomic mass is 10.00. The van der Waals surface area contributed by atoms with Gasteiger partial charge in [0.15, 0.2) is 0 Å². The molecule has 1 aromatic carbocycles. The molecule has 0 spiro atoms. The quantitative estimate of drug-likeness (QED) is 0.773. The second-order valence-electron chi connectivity index (χ2n) is 3.17. The van der Waals surface area contributed by atoms with E-state index in [1.807, 2.05) is 24.3 Å². The van der Waals surface area contributed by atoms with Gasteiger partial charge in [0.2, 0.25) is 0 Å². The molecular weight excluding hydrogens is 202 g/mol. The monoisotopic (exact) mass is 215 g/mol. The predicted molar refractivity (Wildman–Crippen MR) is 56.9 cm³/mol. The van der Waals surface area contributed by atoms with Gasteiger partial charge in [0.25, 0.3) is 0 Å². The number of rotatable bonds is 1. The molecule has 2 rings (SSSR count). The van der Waals surface area contributed by atoms with Crippen molar-refractivity contribution in [3.05, 3.63) is 29.8 Å². The van der Waals surface area contributed by atoms with Crippen LogP contribution in [0.4, 0.5) is 0 Å². The third kappa shape index (κ3) is 1.85. The molecule has 0 aromatic heterocycles. The van der Waals surface area contributed by atoms with Crippen LogP contribution in [0, 0.1) is 0 Å². The van der Waals surface area contributed by atoms with Crippen LogP contribution in [0.15, 0.2) is 24.3 Å². The molecule has 0 unspecified atom stereocenters. The van der Waals surface area contributed by atoms with E-state index in [4.69, 9.17) is 15.2 Å². The maximum atomic E-state index is 5.85. The zero-order chi connectivity index (χ0) is 9.26. The number of fused-ring (bicyclic) bond motifs is 1. The van der Waals surface area contributed by atoms with E-state index in [0.717, 1.165) is 11.3 Å². The first kappa shape index (κ1) is 11.3. The van der Waals surface area contributed by atoms with Crippen molar-refractivity contribution in [3.63, 3.8) is 0 Å².